The van der Waals surface area contributed by atoms with Crippen molar-refractivity contribution in [1.82, 2.24) is 9.97 Å². The van der Waals surface area contributed by atoms with Crippen molar-refractivity contribution in [3.63, 3.8) is 0 Å². The Hall–Kier alpha value is -1.65. The van der Waals surface area contributed by atoms with Crippen LogP contribution in [-0.4, -0.2) is 29.2 Å². The number of carbonyl (C=O) groups is 1. The molecule has 19 heavy (non-hydrogen) atoms. The number of ether oxygens (including phenoxy) is 2. The Morgan fingerprint density at radius 3 is 2.58 bits per heavy atom. The zero-order valence-electron chi connectivity index (χ0n) is 11.6. The van der Waals surface area contributed by atoms with E-state index in [1.807, 2.05) is 0 Å². The molecule has 104 valence electrons. The van der Waals surface area contributed by atoms with Crippen LogP contribution in [0.15, 0.2) is 12.4 Å². The molecule has 0 N–H and O–H groups in total. The summed E-state index contributed by atoms with van der Waals surface area (Å²) in [6, 6.07) is 0. The van der Waals surface area contributed by atoms with Crippen molar-refractivity contribution in [2.24, 2.45) is 11.8 Å². The van der Waals surface area contributed by atoms with Crippen molar-refractivity contribution >= 4 is 5.97 Å². The van der Waals surface area contributed by atoms with Crippen molar-refractivity contribution in [3.05, 3.63) is 18.1 Å². The predicted octanol–water partition coefficient (Wildman–Crippen LogP) is 2.47. The van der Waals surface area contributed by atoms with Gasteiger partial charge >= 0.3 is 5.97 Å². The van der Waals surface area contributed by atoms with E-state index in [9.17, 15) is 4.79 Å². The van der Waals surface area contributed by atoms with Crippen molar-refractivity contribution in [3.8, 4) is 5.88 Å². The third kappa shape index (κ3) is 3.43. The molecule has 3 atom stereocenters. The van der Waals surface area contributed by atoms with Crippen LogP contribution in [0.2, 0.25) is 0 Å². The summed E-state index contributed by atoms with van der Waals surface area (Å²) in [6.45, 7) is 4.54. The lowest BCUT2D eigenvalue weighted by molar-refractivity contribution is 0.0592. The summed E-state index contributed by atoms with van der Waals surface area (Å²) < 4.78 is 10.4. The Morgan fingerprint density at radius 2 is 2.00 bits per heavy atom. The third-order valence-electron chi connectivity index (χ3n) is 3.86. The molecule has 1 fully saturated rings. The van der Waals surface area contributed by atoms with Gasteiger partial charge in [0.25, 0.3) is 0 Å². The Bertz CT molecular complexity index is 433. The number of aromatic nitrogens is 2. The summed E-state index contributed by atoms with van der Waals surface area (Å²) in [4.78, 5) is 19.3. The monoisotopic (exact) mass is 264 g/mol. The van der Waals surface area contributed by atoms with Crippen LogP contribution in [0.25, 0.3) is 0 Å². The number of esters is 1. The van der Waals surface area contributed by atoms with Gasteiger partial charge in [0.1, 0.15) is 6.10 Å². The minimum absolute atomic E-state index is 0.195. The molecule has 0 radical (unpaired) electrons. The van der Waals surface area contributed by atoms with Crippen LogP contribution in [0.3, 0.4) is 0 Å². The van der Waals surface area contributed by atoms with Gasteiger partial charge in [0.05, 0.1) is 19.5 Å². The molecule has 1 aliphatic carbocycles. The van der Waals surface area contributed by atoms with E-state index in [0.29, 0.717) is 11.8 Å². The highest BCUT2D eigenvalue weighted by Gasteiger charge is 2.26. The van der Waals surface area contributed by atoms with Gasteiger partial charge < -0.3 is 9.47 Å². The summed E-state index contributed by atoms with van der Waals surface area (Å²) in [5.74, 6) is 1.41. The van der Waals surface area contributed by atoms with Crippen molar-refractivity contribution < 1.29 is 14.3 Å². The maximum atomic E-state index is 11.2. The maximum absolute atomic E-state index is 11.2. The number of hydrogen-bond acceptors (Lipinski definition) is 5. The zero-order valence-corrected chi connectivity index (χ0v) is 11.6. The largest absolute Gasteiger partial charge is 0.473 e. The molecule has 1 aromatic rings. The Labute approximate surface area is 113 Å². The molecule has 0 bridgehead atoms. The Balaban J connectivity index is 1.94. The fourth-order valence-corrected chi connectivity index (χ4v) is 2.36. The van der Waals surface area contributed by atoms with Crippen LogP contribution in [0.1, 0.15) is 43.6 Å². The standard InChI is InChI=1S/C14H20N2O3/c1-9-4-5-11(6-10(9)2)19-13-8-15-12(7-16-13)14(17)18-3/h7-11H,4-6H2,1-3H3. The van der Waals surface area contributed by atoms with Crippen LogP contribution < -0.4 is 4.74 Å². The van der Waals surface area contributed by atoms with Crippen LogP contribution in [0.4, 0.5) is 0 Å². The van der Waals surface area contributed by atoms with Gasteiger partial charge in [0.15, 0.2) is 5.69 Å². The van der Waals surface area contributed by atoms with E-state index >= 15 is 0 Å². The smallest absolute Gasteiger partial charge is 0.358 e. The average molecular weight is 264 g/mol. The van der Waals surface area contributed by atoms with E-state index in [0.717, 1.165) is 18.8 Å². The number of rotatable bonds is 3. The van der Waals surface area contributed by atoms with Crippen LogP contribution in [-0.2, 0) is 4.74 Å². The number of methoxy groups -OCH3 is 1. The van der Waals surface area contributed by atoms with Crippen molar-refractivity contribution in [1.29, 1.82) is 0 Å². The summed E-state index contributed by atoms with van der Waals surface area (Å²) >= 11 is 0. The van der Waals surface area contributed by atoms with E-state index in [1.54, 1.807) is 0 Å². The predicted molar refractivity (Wildman–Crippen MR) is 70.0 cm³/mol. The topological polar surface area (TPSA) is 61.3 Å². The Kier molecular flexibility index (Phi) is 4.35. The van der Waals surface area contributed by atoms with Gasteiger partial charge in [0.2, 0.25) is 5.88 Å². The summed E-state index contributed by atoms with van der Waals surface area (Å²) in [7, 11) is 1.32. The summed E-state index contributed by atoms with van der Waals surface area (Å²) in [5, 5.41) is 0. The molecular formula is C14H20N2O3. The van der Waals surface area contributed by atoms with E-state index in [2.05, 4.69) is 28.6 Å². The second-order valence-electron chi connectivity index (χ2n) is 5.24. The lowest BCUT2D eigenvalue weighted by Crippen LogP contribution is -2.29. The van der Waals surface area contributed by atoms with E-state index in [-0.39, 0.29) is 11.8 Å². The minimum Gasteiger partial charge on any atom is -0.473 e. The average Bonchev–Trinajstić information content (AvgIpc) is 2.43. The molecule has 1 heterocycles. The molecule has 0 aliphatic heterocycles. The minimum atomic E-state index is -0.487. The van der Waals surface area contributed by atoms with Gasteiger partial charge in [-0.25, -0.2) is 14.8 Å². The molecule has 5 heteroatoms. The maximum Gasteiger partial charge on any atom is 0.358 e. The van der Waals surface area contributed by atoms with Gasteiger partial charge in [-0.1, -0.05) is 13.8 Å². The van der Waals surface area contributed by atoms with E-state index < -0.39 is 5.97 Å². The van der Waals surface area contributed by atoms with Crippen LogP contribution in [0, 0.1) is 11.8 Å². The highest BCUT2D eigenvalue weighted by atomic mass is 16.5. The van der Waals surface area contributed by atoms with Gasteiger partial charge in [-0.2, -0.15) is 0 Å². The van der Waals surface area contributed by atoms with Gasteiger partial charge in [-0.15, -0.1) is 0 Å². The van der Waals surface area contributed by atoms with Gasteiger partial charge in [-0.3, -0.25) is 0 Å². The molecule has 1 saturated carbocycles. The summed E-state index contributed by atoms with van der Waals surface area (Å²) in [6.07, 6.45) is 6.34. The van der Waals surface area contributed by atoms with Crippen LogP contribution >= 0.6 is 0 Å². The van der Waals surface area contributed by atoms with Crippen molar-refractivity contribution in [2.75, 3.05) is 7.11 Å². The highest BCUT2D eigenvalue weighted by Crippen LogP contribution is 2.31. The summed E-state index contributed by atoms with van der Waals surface area (Å²) in [5.41, 5.74) is 0.195. The lowest BCUT2D eigenvalue weighted by Gasteiger charge is -2.31. The molecule has 0 amide bonds. The van der Waals surface area contributed by atoms with Gasteiger partial charge in [0, 0.05) is 0 Å². The first-order valence-corrected chi connectivity index (χ1v) is 6.67. The van der Waals surface area contributed by atoms with E-state index in [1.165, 1.54) is 25.9 Å². The quantitative estimate of drug-likeness (QED) is 0.785. The molecule has 2 rings (SSSR count). The normalized spacial score (nSPS) is 26.8. The first-order chi connectivity index (χ1) is 9.10. The molecule has 0 saturated heterocycles. The fraction of sp³-hybridized carbons (Fsp3) is 0.643. The number of nitrogens with zero attached hydrogens (tertiary/aromatic N) is 2. The number of carbonyl (C=O) groups excluding carboxylic acids is 1. The van der Waals surface area contributed by atoms with E-state index in [4.69, 9.17) is 4.74 Å². The zero-order chi connectivity index (χ0) is 13.8. The first kappa shape index (κ1) is 13.8. The molecule has 1 aliphatic rings. The highest BCUT2D eigenvalue weighted by molar-refractivity contribution is 5.86. The second kappa shape index (κ2) is 5.99. The molecular weight excluding hydrogens is 244 g/mol. The van der Waals surface area contributed by atoms with Crippen molar-refractivity contribution in [2.45, 2.75) is 39.2 Å². The van der Waals surface area contributed by atoms with Gasteiger partial charge in [-0.05, 0) is 31.1 Å². The lowest BCUT2D eigenvalue weighted by atomic mass is 9.80. The number of hydrogen-bond donors (Lipinski definition) is 0. The van der Waals surface area contributed by atoms with Crippen LogP contribution in [0.5, 0.6) is 5.88 Å². The molecule has 0 spiro atoms. The molecule has 1 aromatic heterocycles. The molecule has 0 aromatic carbocycles. The Morgan fingerprint density at radius 1 is 1.21 bits per heavy atom. The SMILES string of the molecule is COC(=O)c1cnc(OC2CCC(C)C(C)C2)cn1. The molecule has 5 nitrogen and oxygen atoms in total. The molecule has 3 unspecified atom stereocenters. The second-order valence-corrected chi connectivity index (χ2v) is 5.24. The first-order valence-electron chi connectivity index (χ1n) is 6.67. The third-order valence-corrected chi connectivity index (χ3v) is 3.86. The fourth-order valence-electron chi connectivity index (χ4n) is 2.36.